The Balaban J connectivity index is 2.57. The summed E-state index contributed by atoms with van der Waals surface area (Å²) in [5, 5.41) is 3.00. The van der Waals surface area contributed by atoms with Gasteiger partial charge in [0.1, 0.15) is 0 Å². The van der Waals surface area contributed by atoms with Crippen LogP contribution in [-0.4, -0.2) is 30.2 Å². The number of hydrogen-bond acceptors (Lipinski definition) is 3. The maximum absolute atomic E-state index is 11.8. The number of hydrogen-bond donors (Lipinski definition) is 2. The first kappa shape index (κ1) is 12.5. The van der Waals surface area contributed by atoms with Gasteiger partial charge in [-0.1, -0.05) is 13.8 Å². The van der Waals surface area contributed by atoms with Crippen molar-refractivity contribution in [3.63, 3.8) is 0 Å². The highest BCUT2D eigenvalue weighted by atomic mass is 16.5. The molecule has 1 aliphatic heterocycles. The van der Waals surface area contributed by atoms with Crippen molar-refractivity contribution in [1.29, 1.82) is 0 Å². The molecular weight excluding hydrogens is 192 g/mol. The maximum Gasteiger partial charge on any atom is 0.237 e. The van der Waals surface area contributed by atoms with E-state index in [2.05, 4.69) is 5.32 Å². The molecular formula is C11H22N2O2. The van der Waals surface area contributed by atoms with Gasteiger partial charge in [0.05, 0.1) is 17.7 Å². The number of amides is 1. The summed E-state index contributed by atoms with van der Waals surface area (Å²) in [6, 6.07) is -0.436. The summed E-state index contributed by atoms with van der Waals surface area (Å²) in [4.78, 5) is 11.8. The Kier molecular flexibility index (Phi) is 3.73. The molecule has 0 spiro atoms. The van der Waals surface area contributed by atoms with Gasteiger partial charge in [-0.15, -0.1) is 0 Å². The van der Waals surface area contributed by atoms with Crippen LogP contribution in [0.2, 0.25) is 0 Å². The van der Waals surface area contributed by atoms with E-state index in [0.29, 0.717) is 6.61 Å². The minimum atomic E-state index is -0.436. The van der Waals surface area contributed by atoms with Crippen LogP contribution < -0.4 is 11.1 Å². The molecule has 0 aromatic rings. The molecule has 4 heteroatoms. The van der Waals surface area contributed by atoms with Gasteiger partial charge in [-0.3, -0.25) is 4.79 Å². The highest BCUT2D eigenvalue weighted by molar-refractivity contribution is 5.82. The third-order valence-corrected chi connectivity index (χ3v) is 3.32. The summed E-state index contributed by atoms with van der Waals surface area (Å²) in [6.45, 7) is 8.58. The van der Waals surface area contributed by atoms with Gasteiger partial charge in [0.25, 0.3) is 0 Å². The topological polar surface area (TPSA) is 64.4 Å². The molecule has 1 fully saturated rings. The second-order valence-electron chi connectivity index (χ2n) is 4.94. The lowest BCUT2D eigenvalue weighted by atomic mass is 9.93. The monoisotopic (exact) mass is 214 g/mol. The molecule has 4 nitrogen and oxygen atoms in total. The molecule has 88 valence electrons. The van der Waals surface area contributed by atoms with Crippen LogP contribution >= 0.6 is 0 Å². The fourth-order valence-corrected chi connectivity index (χ4v) is 1.67. The van der Waals surface area contributed by atoms with Crippen LogP contribution in [0.5, 0.6) is 0 Å². The number of nitrogens with two attached hydrogens (primary N) is 1. The summed E-state index contributed by atoms with van der Waals surface area (Å²) in [5.74, 6) is 0.0797. The van der Waals surface area contributed by atoms with Crippen LogP contribution in [0.15, 0.2) is 0 Å². The number of carbonyl (C=O) groups excluding carboxylic acids is 1. The third-order valence-electron chi connectivity index (χ3n) is 3.32. The normalized spacial score (nSPS) is 33.1. The zero-order chi connectivity index (χ0) is 11.6. The SMILES string of the molecule is CC(C)C(N)C(=O)NC1(C)CCOC1C. The molecule has 1 heterocycles. The molecule has 1 saturated heterocycles. The van der Waals surface area contributed by atoms with Crippen LogP contribution in [0.4, 0.5) is 0 Å². The maximum atomic E-state index is 11.8. The molecule has 15 heavy (non-hydrogen) atoms. The first-order valence-corrected chi connectivity index (χ1v) is 5.56. The Labute approximate surface area is 91.5 Å². The smallest absolute Gasteiger partial charge is 0.237 e. The highest BCUT2D eigenvalue weighted by Crippen LogP contribution is 2.25. The largest absolute Gasteiger partial charge is 0.376 e. The second-order valence-corrected chi connectivity index (χ2v) is 4.94. The minimum Gasteiger partial charge on any atom is -0.376 e. The summed E-state index contributed by atoms with van der Waals surface area (Å²) in [5.41, 5.74) is 5.53. The van der Waals surface area contributed by atoms with E-state index in [4.69, 9.17) is 10.5 Å². The Morgan fingerprint density at radius 1 is 1.60 bits per heavy atom. The van der Waals surface area contributed by atoms with Gasteiger partial charge in [-0.05, 0) is 26.2 Å². The zero-order valence-electron chi connectivity index (χ0n) is 10.0. The number of rotatable bonds is 3. The Hall–Kier alpha value is -0.610. The summed E-state index contributed by atoms with van der Waals surface area (Å²) < 4.78 is 5.45. The van der Waals surface area contributed by atoms with Gasteiger partial charge in [0.2, 0.25) is 5.91 Å². The first-order valence-electron chi connectivity index (χ1n) is 5.56. The summed E-state index contributed by atoms with van der Waals surface area (Å²) in [7, 11) is 0. The third kappa shape index (κ3) is 2.69. The number of ether oxygens (including phenoxy) is 1. The van der Waals surface area contributed by atoms with Gasteiger partial charge < -0.3 is 15.8 Å². The van der Waals surface area contributed by atoms with Gasteiger partial charge in [0, 0.05) is 6.61 Å². The highest BCUT2D eigenvalue weighted by Gasteiger charge is 2.39. The van der Waals surface area contributed by atoms with Crippen LogP contribution in [0.25, 0.3) is 0 Å². The van der Waals surface area contributed by atoms with Crippen molar-refractivity contribution in [3.8, 4) is 0 Å². The van der Waals surface area contributed by atoms with E-state index in [-0.39, 0.29) is 23.5 Å². The van der Waals surface area contributed by atoms with E-state index in [9.17, 15) is 4.79 Å². The van der Waals surface area contributed by atoms with Crippen molar-refractivity contribution < 1.29 is 9.53 Å². The van der Waals surface area contributed by atoms with E-state index >= 15 is 0 Å². The van der Waals surface area contributed by atoms with Gasteiger partial charge in [-0.2, -0.15) is 0 Å². The van der Waals surface area contributed by atoms with E-state index < -0.39 is 6.04 Å². The standard InChI is InChI=1S/C11H22N2O2/c1-7(2)9(12)10(14)13-11(4)5-6-15-8(11)3/h7-9H,5-6,12H2,1-4H3,(H,13,14). The molecule has 3 atom stereocenters. The average Bonchev–Trinajstić information content (AvgIpc) is 2.45. The molecule has 0 aromatic heterocycles. The van der Waals surface area contributed by atoms with Gasteiger partial charge in [-0.25, -0.2) is 0 Å². The molecule has 1 rings (SSSR count). The van der Waals surface area contributed by atoms with Crippen molar-refractivity contribution in [2.75, 3.05) is 6.61 Å². The molecule has 3 N–H and O–H groups in total. The molecule has 0 bridgehead atoms. The molecule has 0 aliphatic carbocycles. The van der Waals surface area contributed by atoms with Crippen LogP contribution in [-0.2, 0) is 9.53 Å². The summed E-state index contributed by atoms with van der Waals surface area (Å²) in [6.07, 6.45) is 0.908. The van der Waals surface area contributed by atoms with Gasteiger partial charge in [0.15, 0.2) is 0 Å². The fourth-order valence-electron chi connectivity index (χ4n) is 1.67. The van der Waals surface area contributed by atoms with Crippen molar-refractivity contribution in [2.24, 2.45) is 11.7 Å². The summed E-state index contributed by atoms with van der Waals surface area (Å²) >= 11 is 0. The van der Waals surface area contributed by atoms with Crippen molar-refractivity contribution in [2.45, 2.75) is 51.8 Å². The van der Waals surface area contributed by atoms with E-state index in [1.165, 1.54) is 0 Å². The zero-order valence-corrected chi connectivity index (χ0v) is 10.0. The predicted octanol–water partition coefficient (Wildman–Crippen LogP) is 0.653. The van der Waals surface area contributed by atoms with E-state index in [1.807, 2.05) is 27.7 Å². The second kappa shape index (κ2) is 4.49. The number of nitrogens with one attached hydrogen (secondary N) is 1. The van der Waals surface area contributed by atoms with Crippen molar-refractivity contribution in [1.82, 2.24) is 5.32 Å². The quantitative estimate of drug-likeness (QED) is 0.725. The average molecular weight is 214 g/mol. The Bertz CT molecular complexity index is 243. The fraction of sp³-hybridized carbons (Fsp3) is 0.909. The predicted molar refractivity (Wildman–Crippen MR) is 59.4 cm³/mol. The lowest BCUT2D eigenvalue weighted by Gasteiger charge is -2.30. The lowest BCUT2D eigenvalue weighted by molar-refractivity contribution is -0.125. The molecule has 3 unspecified atom stereocenters. The van der Waals surface area contributed by atoms with Crippen LogP contribution in [0.3, 0.4) is 0 Å². The molecule has 1 aliphatic rings. The van der Waals surface area contributed by atoms with E-state index in [0.717, 1.165) is 6.42 Å². The first-order chi connectivity index (χ1) is 6.87. The van der Waals surface area contributed by atoms with Crippen molar-refractivity contribution in [3.05, 3.63) is 0 Å². The molecule has 0 radical (unpaired) electrons. The molecule has 0 aromatic carbocycles. The minimum absolute atomic E-state index is 0.0563. The van der Waals surface area contributed by atoms with Crippen LogP contribution in [0, 0.1) is 5.92 Å². The number of carbonyl (C=O) groups is 1. The molecule has 1 amide bonds. The Morgan fingerprint density at radius 3 is 2.60 bits per heavy atom. The molecule has 0 saturated carbocycles. The van der Waals surface area contributed by atoms with Crippen molar-refractivity contribution >= 4 is 5.91 Å². The van der Waals surface area contributed by atoms with E-state index in [1.54, 1.807) is 0 Å². The Morgan fingerprint density at radius 2 is 2.20 bits per heavy atom. The lowest BCUT2D eigenvalue weighted by Crippen LogP contribution is -2.56. The van der Waals surface area contributed by atoms with Crippen LogP contribution in [0.1, 0.15) is 34.1 Å². The van der Waals surface area contributed by atoms with Gasteiger partial charge >= 0.3 is 0 Å².